The minimum atomic E-state index is -0.784. The van der Waals surface area contributed by atoms with Gasteiger partial charge in [-0.1, -0.05) is 258 Å². The minimum Gasteiger partial charge on any atom is -0.462 e. The Morgan fingerprint density at radius 1 is 0.284 bits per heavy atom. The fourth-order valence-corrected chi connectivity index (χ4v) is 8.13. The number of esters is 3. The second kappa shape index (κ2) is 61.4. The highest BCUT2D eigenvalue weighted by Gasteiger charge is 2.19. The lowest BCUT2D eigenvalue weighted by Crippen LogP contribution is -2.30. The van der Waals surface area contributed by atoms with Crippen LogP contribution in [0.1, 0.15) is 271 Å². The summed E-state index contributed by atoms with van der Waals surface area (Å²) in [6.07, 6.45) is 85.1. The van der Waals surface area contributed by atoms with Crippen molar-refractivity contribution in [3.63, 3.8) is 0 Å². The molecular weight excluding hydrogens is 913 g/mol. The number of allylic oxidation sites excluding steroid dienone is 20. The van der Waals surface area contributed by atoms with Crippen LogP contribution in [0, 0.1) is 0 Å². The summed E-state index contributed by atoms with van der Waals surface area (Å²) in [5, 5.41) is 0. The van der Waals surface area contributed by atoms with E-state index in [0.29, 0.717) is 19.3 Å². The van der Waals surface area contributed by atoms with E-state index >= 15 is 0 Å². The lowest BCUT2D eigenvalue weighted by Gasteiger charge is -2.18. The summed E-state index contributed by atoms with van der Waals surface area (Å²) in [5.41, 5.74) is 0. The smallest absolute Gasteiger partial charge is 0.306 e. The third-order valence-electron chi connectivity index (χ3n) is 12.7. The molecule has 0 N–H and O–H groups in total. The van der Waals surface area contributed by atoms with E-state index in [0.717, 1.165) is 128 Å². The third kappa shape index (κ3) is 58.7. The Kier molecular flexibility index (Phi) is 57.9. The predicted octanol–water partition coefficient (Wildman–Crippen LogP) is 20.8. The quantitative estimate of drug-likeness (QED) is 0.0261. The van der Waals surface area contributed by atoms with E-state index in [-0.39, 0.29) is 31.1 Å². The number of unbranched alkanes of at least 4 members (excludes halogenated alkanes) is 23. The van der Waals surface area contributed by atoms with Gasteiger partial charge in [0.15, 0.2) is 6.10 Å². The van der Waals surface area contributed by atoms with E-state index in [1.807, 2.05) is 0 Å². The highest BCUT2D eigenvalue weighted by Crippen LogP contribution is 2.15. The largest absolute Gasteiger partial charge is 0.462 e. The van der Waals surface area contributed by atoms with Gasteiger partial charge in [-0.15, -0.1) is 0 Å². The van der Waals surface area contributed by atoms with Gasteiger partial charge < -0.3 is 14.2 Å². The zero-order chi connectivity index (χ0) is 53.6. The fraction of sp³-hybridized carbons (Fsp3) is 0.662. The molecule has 0 aliphatic rings. The maximum absolute atomic E-state index is 12.8. The van der Waals surface area contributed by atoms with Crippen LogP contribution in [0.25, 0.3) is 0 Å². The Labute approximate surface area is 456 Å². The van der Waals surface area contributed by atoms with E-state index in [1.54, 1.807) is 0 Å². The van der Waals surface area contributed by atoms with Crippen LogP contribution in [0.4, 0.5) is 0 Å². The lowest BCUT2D eigenvalue weighted by atomic mass is 10.1. The number of hydrogen-bond acceptors (Lipinski definition) is 6. The summed E-state index contributed by atoms with van der Waals surface area (Å²) in [7, 11) is 0. The van der Waals surface area contributed by atoms with Crippen molar-refractivity contribution in [2.24, 2.45) is 0 Å². The van der Waals surface area contributed by atoms with Crippen molar-refractivity contribution >= 4 is 17.9 Å². The maximum Gasteiger partial charge on any atom is 0.306 e. The second-order valence-corrected chi connectivity index (χ2v) is 19.9. The van der Waals surface area contributed by atoms with Gasteiger partial charge in [0.25, 0.3) is 0 Å². The summed E-state index contributed by atoms with van der Waals surface area (Å²) >= 11 is 0. The maximum atomic E-state index is 12.8. The predicted molar refractivity (Wildman–Crippen MR) is 320 cm³/mol. The lowest BCUT2D eigenvalue weighted by molar-refractivity contribution is -0.167. The molecule has 0 aliphatic carbocycles. The molecule has 0 fully saturated rings. The first-order valence-corrected chi connectivity index (χ1v) is 30.5. The van der Waals surface area contributed by atoms with Crippen molar-refractivity contribution in [2.75, 3.05) is 13.2 Å². The molecule has 0 spiro atoms. The highest BCUT2D eigenvalue weighted by molar-refractivity contribution is 5.71. The molecule has 0 rings (SSSR count). The van der Waals surface area contributed by atoms with Crippen LogP contribution in [-0.2, 0) is 28.6 Å². The summed E-state index contributed by atoms with van der Waals surface area (Å²) in [4.78, 5) is 37.9. The molecule has 0 saturated carbocycles. The van der Waals surface area contributed by atoms with Crippen molar-refractivity contribution in [1.82, 2.24) is 0 Å². The van der Waals surface area contributed by atoms with Crippen molar-refractivity contribution in [2.45, 2.75) is 277 Å². The molecule has 1 unspecified atom stereocenters. The average molecular weight is 1030 g/mol. The summed E-state index contributed by atoms with van der Waals surface area (Å²) in [6.45, 7) is 6.43. The highest BCUT2D eigenvalue weighted by atomic mass is 16.6. The zero-order valence-electron chi connectivity index (χ0n) is 48.1. The Balaban J connectivity index is 4.13. The monoisotopic (exact) mass is 1020 g/mol. The minimum absolute atomic E-state index is 0.0848. The first-order chi connectivity index (χ1) is 36.5. The van der Waals surface area contributed by atoms with Gasteiger partial charge in [0.2, 0.25) is 0 Å². The van der Waals surface area contributed by atoms with Gasteiger partial charge in [-0.3, -0.25) is 14.4 Å². The number of ether oxygens (including phenoxy) is 3. The van der Waals surface area contributed by atoms with Crippen LogP contribution >= 0.6 is 0 Å². The summed E-state index contributed by atoms with van der Waals surface area (Å²) in [5.74, 6) is -0.911. The van der Waals surface area contributed by atoms with Crippen LogP contribution in [-0.4, -0.2) is 37.2 Å². The Morgan fingerprint density at radius 2 is 0.527 bits per heavy atom. The van der Waals surface area contributed by atoms with Gasteiger partial charge >= 0.3 is 17.9 Å². The fourth-order valence-electron chi connectivity index (χ4n) is 8.13. The molecule has 0 aliphatic heterocycles. The van der Waals surface area contributed by atoms with Crippen molar-refractivity contribution < 1.29 is 28.6 Å². The van der Waals surface area contributed by atoms with Gasteiger partial charge in [0.1, 0.15) is 13.2 Å². The molecule has 0 radical (unpaired) electrons. The zero-order valence-corrected chi connectivity index (χ0v) is 48.1. The first-order valence-electron chi connectivity index (χ1n) is 30.5. The first kappa shape index (κ1) is 69.8. The van der Waals surface area contributed by atoms with Crippen LogP contribution in [0.2, 0.25) is 0 Å². The average Bonchev–Trinajstić information content (AvgIpc) is 3.40. The SMILES string of the molecule is CC/C=C\C/C=C\C/C=C\C/C=C\C/C=C\C/C=C\C/C=C\C/C=C\CCCCCCCCCCC(=O)OCC(COC(=O)CCCCCCCC)OC(=O)CCCCCCCCC/C=C\C/C=C\CCCCC. The molecular formula is C68H112O6. The Morgan fingerprint density at radius 3 is 0.851 bits per heavy atom. The molecule has 0 amide bonds. The molecule has 1 atom stereocenters. The molecule has 74 heavy (non-hydrogen) atoms. The van der Waals surface area contributed by atoms with Crippen LogP contribution in [0.3, 0.4) is 0 Å². The number of carbonyl (C=O) groups excluding carboxylic acids is 3. The normalized spacial score (nSPS) is 13.0. The van der Waals surface area contributed by atoms with E-state index in [9.17, 15) is 14.4 Å². The molecule has 6 nitrogen and oxygen atoms in total. The van der Waals surface area contributed by atoms with E-state index in [1.165, 1.54) is 103 Å². The van der Waals surface area contributed by atoms with Gasteiger partial charge in [-0.05, 0) is 116 Å². The summed E-state index contributed by atoms with van der Waals surface area (Å²) in [6, 6.07) is 0. The second-order valence-electron chi connectivity index (χ2n) is 19.9. The topological polar surface area (TPSA) is 78.9 Å². The Bertz CT molecular complexity index is 1550. The third-order valence-corrected chi connectivity index (χ3v) is 12.7. The molecule has 0 aromatic carbocycles. The van der Waals surface area contributed by atoms with Crippen LogP contribution < -0.4 is 0 Å². The molecule has 6 heteroatoms. The molecule has 0 heterocycles. The van der Waals surface area contributed by atoms with Gasteiger partial charge in [-0.25, -0.2) is 0 Å². The summed E-state index contributed by atoms with van der Waals surface area (Å²) < 4.78 is 16.8. The molecule has 420 valence electrons. The Hall–Kier alpha value is -4.19. The van der Waals surface area contributed by atoms with Gasteiger partial charge in [0.05, 0.1) is 0 Å². The number of hydrogen-bond donors (Lipinski definition) is 0. The standard InChI is InChI=1S/C68H112O6/c1-4-7-10-13-16-18-20-22-24-26-27-28-29-30-31-32-33-34-35-36-37-38-39-40-41-43-44-46-48-50-52-55-58-61-67(70)73-64-65(63-72-66(69)60-57-54-15-12-9-6-3)74-68(71)62-59-56-53-51-49-47-45-42-25-23-21-19-17-14-11-8-5-2/h7,10,16-19,22-25,27-28,30-31,33-34,36-37,39-40,65H,4-6,8-9,11-15,20-21,26,29,32,35,38,41-64H2,1-3H3/b10-7-,18-16-,19-17-,24-22-,25-23-,28-27-,31-30-,34-33-,37-36-,40-39-. The van der Waals surface area contributed by atoms with E-state index in [2.05, 4.69) is 142 Å². The molecule has 0 saturated heterocycles. The van der Waals surface area contributed by atoms with Crippen molar-refractivity contribution in [3.05, 3.63) is 122 Å². The molecule has 0 aromatic rings. The number of carbonyl (C=O) groups is 3. The molecule has 0 aromatic heterocycles. The van der Waals surface area contributed by atoms with Gasteiger partial charge in [0, 0.05) is 19.3 Å². The van der Waals surface area contributed by atoms with E-state index in [4.69, 9.17) is 14.2 Å². The van der Waals surface area contributed by atoms with Crippen molar-refractivity contribution in [1.29, 1.82) is 0 Å². The van der Waals surface area contributed by atoms with E-state index < -0.39 is 6.10 Å². The van der Waals surface area contributed by atoms with Gasteiger partial charge in [-0.2, -0.15) is 0 Å². The van der Waals surface area contributed by atoms with Crippen molar-refractivity contribution in [3.8, 4) is 0 Å². The van der Waals surface area contributed by atoms with Crippen LogP contribution in [0.5, 0.6) is 0 Å². The molecule has 0 bridgehead atoms. The van der Waals surface area contributed by atoms with Crippen LogP contribution in [0.15, 0.2) is 122 Å². The number of rotatable bonds is 54.